The largest absolute Gasteiger partial charge is 0.364 e. The molecular formula is C8H17NO2. The minimum atomic E-state index is -1.02. The fourth-order valence-corrected chi connectivity index (χ4v) is 1.21. The number of rotatable bonds is 0. The van der Waals surface area contributed by atoms with Crippen molar-refractivity contribution in [1.82, 2.24) is 5.32 Å². The van der Waals surface area contributed by atoms with Gasteiger partial charge in [-0.15, -0.1) is 0 Å². The van der Waals surface area contributed by atoms with E-state index in [1.807, 2.05) is 6.92 Å². The monoisotopic (exact) mass is 159 g/mol. The van der Waals surface area contributed by atoms with Gasteiger partial charge in [0.2, 0.25) is 0 Å². The third kappa shape index (κ3) is 1.92. The summed E-state index contributed by atoms with van der Waals surface area (Å²) in [6, 6.07) is -0.0220. The minimum absolute atomic E-state index is 0.0220. The molecule has 1 rings (SSSR count). The summed E-state index contributed by atoms with van der Waals surface area (Å²) in [5.41, 5.74) is -0.0261. The fourth-order valence-electron chi connectivity index (χ4n) is 1.21. The van der Waals surface area contributed by atoms with Gasteiger partial charge < -0.3 is 15.2 Å². The van der Waals surface area contributed by atoms with Gasteiger partial charge in [0.1, 0.15) is 0 Å². The van der Waals surface area contributed by atoms with E-state index in [0.29, 0.717) is 6.61 Å². The third-order valence-corrected chi connectivity index (χ3v) is 2.14. The van der Waals surface area contributed by atoms with Crippen LogP contribution in [-0.4, -0.2) is 29.1 Å². The topological polar surface area (TPSA) is 41.5 Å². The summed E-state index contributed by atoms with van der Waals surface area (Å²) >= 11 is 0. The normalized spacial score (nSPS) is 43.9. The lowest BCUT2D eigenvalue weighted by Crippen LogP contribution is -2.63. The van der Waals surface area contributed by atoms with E-state index in [9.17, 15) is 5.11 Å². The average molecular weight is 159 g/mol. The maximum absolute atomic E-state index is 9.59. The predicted molar refractivity (Wildman–Crippen MR) is 43.3 cm³/mol. The maximum atomic E-state index is 9.59. The fraction of sp³-hybridized carbons (Fsp3) is 1.00. The Labute approximate surface area is 67.7 Å². The van der Waals surface area contributed by atoms with Crippen LogP contribution < -0.4 is 5.32 Å². The molecular weight excluding hydrogens is 142 g/mol. The van der Waals surface area contributed by atoms with Crippen LogP contribution in [0.4, 0.5) is 0 Å². The number of hydrogen-bond acceptors (Lipinski definition) is 3. The third-order valence-electron chi connectivity index (χ3n) is 2.14. The molecule has 0 radical (unpaired) electrons. The van der Waals surface area contributed by atoms with Gasteiger partial charge in [0, 0.05) is 5.54 Å². The summed E-state index contributed by atoms with van der Waals surface area (Å²) in [6.45, 7) is 8.25. The van der Waals surface area contributed by atoms with Gasteiger partial charge >= 0.3 is 0 Å². The zero-order valence-electron chi connectivity index (χ0n) is 7.64. The number of nitrogens with one attached hydrogen (secondary N) is 1. The molecule has 1 aliphatic rings. The van der Waals surface area contributed by atoms with Crippen molar-refractivity contribution in [2.24, 2.45) is 0 Å². The molecule has 2 atom stereocenters. The van der Waals surface area contributed by atoms with Gasteiger partial charge in [0.15, 0.2) is 5.79 Å². The Balaban J connectivity index is 2.63. The Morgan fingerprint density at radius 3 is 2.36 bits per heavy atom. The molecule has 1 aliphatic heterocycles. The molecule has 0 aliphatic carbocycles. The summed E-state index contributed by atoms with van der Waals surface area (Å²) in [5.74, 6) is -1.02. The number of ether oxygens (including phenoxy) is 1. The highest BCUT2D eigenvalue weighted by Crippen LogP contribution is 2.22. The molecule has 0 aromatic carbocycles. The van der Waals surface area contributed by atoms with E-state index < -0.39 is 5.79 Å². The quantitative estimate of drug-likeness (QED) is 0.540. The molecule has 11 heavy (non-hydrogen) atoms. The highest BCUT2D eigenvalue weighted by atomic mass is 16.6. The standard InChI is InChI=1S/C8H17NO2/c1-6-8(4,10)11-5-7(2,3)9-6/h6,9-10H,5H2,1-4H3. The smallest absolute Gasteiger partial charge is 0.177 e. The van der Waals surface area contributed by atoms with Crippen LogP contribution >= 0.6 is 0 Å². The first kappa shape index (κ1) is 8.97. The molecule has 0 aromatic rings. The second kappa shape index (κ2) is 2.44. The van der Waals surface area contributed by atoms with Crippen LogP contribution in [0.15, 0.2) is 0 Å². The maximum Gasteiger partial charge on any atom is 0.177 e. The second-order valence-electron chi connectivity index (χ2n) is 4.09. The highest BCUT2D eigenvalue weighted by Gasteiger charge is 2.39. The van der Waals surface area contributed by atoms with Crippen LogP contribution in [0.2, 0.25) is 0 Å². The molecule has 2 unspecified atom stereocenters. The van der Waals surface area contributed by atoms with Crippen molar-refractivity contribution >= 4 is 0 Å². The molecule has 66 valence electrons. The first-order chi connectivity index (χ1) is 4.83. The first-order valence-corrected chi connectivity index (χ1v) is 3.97. The van der Waals surface area contributed by atoms with E-state index >= 15 is 0 Å². The molecule has 0 spiro atoms. The molecule has 1 fully saturated rings. The Morgan fingerprint density at radius 1 is 1.45 bits per heavy atom. The number of aliphatic hydroxyl groups is 1. The van der Waals surface area contributed by atoms with Crippen LogP contribution in [0.3, 0.4) is 0 Å². The summed E-state index contributed by atoms with van der Waals surface area (Å²) in [4.78, 5) is 0. The first-order valence-electron chi connectivity index (χ1n) is 3.97. The van der Waals surface area contributed by atoms with E-state index in [0.717, 1.165) is 0 Å². The van der Waals surface area contributed by atoms with Crippen molar-refractivity contribution in [2.45, 2.75) is 45.1 Å². The van der Waals surface area contributed by atoms with Gasteiger partial charge in [-0.1, -0.05) is 0 Å². The Morgan fingerprint density at radius 2 is 2.00 bits per heavy atom. The lowest BCUT2D eigenvalue weighted by molar-refractivity contribution is -0.241. The zero-order chi connectivity index (χ0) is 8.70. The van der Waals surface area contributed by atoms with E-state index in [1.54, 1.807) is 6.92 Å². The molecule has 0 bridgehead atoms. The van der Waals surface area contributed by atoms with E-state index in [-0.39, 0.29) is 11.6 Å². The Hall–Kier alpha value is -0.120. The van der Waals surface area contributed by atoms with Crippen LogP contribution in [0, 0.1) is 0 Å². The second-order valence-corrected chi connectivity index (χ2v) is 4.09. The summed E-state index contributed by atoms with van der Waals surface area (Å²) in [5, 5.41) is 12.9. The van der Waals surface area contributed by atoms with E-state index in [1.165, 1.54) is 0 Å². The number of hydrogen-bond donors (Lipinski definition) is 2. The van der Waals surface area contributed by atoms with Gasteiger partial charge in [0.25, 0.3) is 0 Å². The van der Waals surface area contributed by atoms with Gasteiger partial charge in [-0.3, -0.25) is 0 Å². The van der Waals surface area contributed by atoms with Crippen molar-refractivity contribution in [3.05, 3.63) is 0 Å². The summed E-state index contributed by atoms with van der Waals surface area (Å²) < 4.78 is 5.29. The van der Waals surface area contributed by atoms with Crippen molar-refractivity contribution in [1.29, 1.82) is 0 Å². The summed E-state index contributed by atoms with van der Waals surface area (Å²) in [6.07, 6.45) is 0. The van der Waals surface area contributed by atoms with E-state index in [4.69, 9.17) is 4.74 Å². The minimum Gasteiger partial charge on any atom is -0.364 e. The highest BCUT2D eigenvalue weighted by molar-refractivity contribution is 4.90. The average Bonchev–Trinajstić information content (AvgIpc) is 1.81. The SMILES string of the molecule is CC1NC(C)(C)COC1(C)O. The van der Waals surface area contributed by atoms with Crippen molar-refractivity contribution in [2.75, 3.05) is 6.61 Å². The molecule has 1 saturated heterocycles. The molecule has 2 N–H and O–H groups in total. The summed E-state index contributed by atoms with van der Waals surface area (Å²) in [7, 11) is 0. The lowest BCUT2D eigenvalue weighted by atomic mass is 9.99. The zero-order valence-corrected chi connectivity index (χ0v) is 7.64. The van der Waals surface area contributed by atoms with Crippen molar-refractivity contribution in [3.8, 4) is 0 Å². The van der Waals surface area contributed by atoms with E-state index in [2.05, 4.69) is 19.2 Å². The molecule has 1 heterocycles. The molecule has 0 saturated carbocycles. The van der Waals surface area contributed by atoms with Gasteiger partial charge in [0.05, 0.1) is 12.6 Å². The van der Waals surface area contributed by atoms with Gasteiger partial charge in [-0.2, -0.15) is 0 Å². The predicted octanol–water partition coefficient (Wildman–Crippen LogP) is 0.482. The van der Waals surface area contributed by atoms with Crippen LogP contribution in [-0.2, 0) is 4.74 Å². The van der Waals surface area contributed by atoms with Gasteiger partial charge in [-0.25, -0.2) is 0 Å². The van der Waals surface area contributed by atoms with Crippen molar-refractivity contribution in [3.63, 3.8) is 0 Å². The van der Waals surface area contributed by atoms with Gasteiger partial charge in [-0.05, 0) is 27.7 Å². The Kier molecular flexibility index (Phi) is 1.99. The van der Waals surface area contributed by atoms with Crippen LogP contribution in [0.1, 0.15) is 27.7 Å². The molecule has 3 heteroatoms. The Bertz CT molecular complexity index is 154. The molecule has 0 amide bonds. The van der Waals surface area contributed by atoms with Crippen molar-refractivity contribution < 1.29 is 9.84 Å². The number of morpholine rings is 1. The molecule has 3 nitrogen and oxygen atoms in total. The van der Waals surface area contributed by atoms with Crippen LogP contribution in [0.25, 0.3) is 0 Å². The molecule has 0 aromatic heterocycles. The lowest BCUT2D eigenvalue weighted by Gasteiger charge is -2.44. The van der Waals surface area contributed by atoms with Crippen LogP contribution in [0.5, 0.6) is 0 Å².